The van der Waals surface area contributed by atoms with Crippen LogP contribution in [0.15, 0.2) is 24.3 Å². The molecule has 2 rings (SSSR count). The molecule has 1 aromatic carbocycles. The van der Waals surface area contributed by atoms with E-state index in [0.717, 1.165) is 5.56 Å². The minimum Gasteiger partial charge on any atom is -0.461 e. The van der Waals surface area contributed by atoms with Crippen molar-refractivity contribution in [3.8, 4) is 0 Å². The van der Waals surface area contributed by atoms with E-state index < -0.39 is 12.0 Å². The van der Waals surface area contributed by atoms with Crippen molar-refractivity contribution in [3.63, 3.8) is 0 Å². The Labute approximate surface area is 172 Å². The number of hydrogen-bond acceptors (Lipinski definition) is 4. The van der Waals surface area contributed by atoms with Gasteiger partial charge in [0.1, 0.15) is 5.69 Å². The van der Waals surface area contributed by atoms with Gasteiger partial charge >= 0.3 is 5.97 Å². The third-order valence-electron chi connectivity index (χ3n) is 5.38. The Balaban J connectivity index is 2.39. The van der Waals surface area contributed by atoms with Crippen molar-refractivity contribution in [1.82, 2.24) is 9.47 Å². The number of nitrogens with zero attached hydrogens (tertiary/aromatic N) is 2. The molecule has 2 aromatic rings. The van der Waals surface area contributed by atoms with Crippen LogP contribution < -0.4 is 0 Å². The van der Waals surface area contributed by atoms with Crippen LogP contribution in [0, 0.1) is 20.8 Å². The largest absolute Gasteiger partial charge is 0.461 e. The molecule has 0 fully saturated rings. The topological polar surface area (TPSA) is 68.6 Å². The van der Waals surface area contributed by atoms with Gasteiger partial charge in [0.05, 0.1) is 12.6 Å². The van der Waals surface area contributed by atoms with Gasteiger partial charge in [-0.25, -0.2) is 4.79 Å². The van der Waals surface area contributed by atoms with Gasteiger partial charge in [-0.05, 0) is 59.2 Å². The Bertz CT molecular complexity index is 925. The number of amides is 1. The molecule has 1 amide bonds. The van der Waals surface area contributed by atoms with E-state index >= 15 is 0 Å². The molecule has 0 aliphatic heterocycles. The number of carbonyl (C=O) groups excluding carboxylic acids is 3. The van der Waals surface area contributed by atoms with E-state index in [0.29, 0.717) is 34.6 Å². The van der Waals surface area contributed by atoms with E-state index in [4.69, 9.17) is 4.74 Å². The van der Waals surface area contributed by atoms with Crippen LogP contribution in [0.4, 0.5) is 0 Å². The van der Waals surface area contributed by atoms with Crippen LogP contribution in [-0.4, -0.2) is 46.8 Å². The lowest BCUT2D eigenvalue weighted by molar-refractivity contribution is 0.0512. The van der Waals surface area contributed by atoms with Gasteiger partial charge in [-0.3, -0.25) is 9.59 Å². The molecule has 1 heterocycles. The molecule has 0 bridgehead atoms. The summed E-state index contributed by atoms with van der Waals surface area (Å²) in [6.45, 7) is 11.7. The van der Waals surface area contributed by atoms with Crippen molar-refractivity contribution < 1.29 is 19.1 Å². The first-order valence-electron chi connectivity index (χ1n) is 9.90. The zero-order valence-corrected chi connectivity index (χ0v) is 18.3. The fourth-order valence-corrected chi connectivity index (χ4v) is 3.58. The molecule has 6 nitrogen and oxygen atoms in total. The number of benzene rings is 1. The zero-order valence-electron chi connectivity index (χ0n) is 18.3. The summed E-state index contributed by atoms with van der Waals surface area (Å²) in [5.74, 6) is -0.854. The van der Waals surface area contributed by atoms with Gasteiger partial charge in [0, 0.05) is 30.4 Å². The average molecular weight is 399 g/mol. The molecule has 1 unspecified atom stereocenters. The normalized spacial score (nSPS) is 11.8. The minimum absolute atomic E-state index is 0.194. The molecule has 156 valence electrons. The molecular formula is C23H30N2O4. The summed E-state index contributed by atoms with van der Waals surface area (Å²) in [7, 11) is 1.62. The molecule has 1 aromatic heterocycles. The number of Topliss-reactive ketones (excluding diaryl/α,β-unsaturated/α-hetero) is 1. The van der Waals surface area contributed by atoms with E-state index in [1.54, 1.807) is 44.5 Å². The fraction of sp³-hybridized carbons (Fsp3) is 0.435. The van der Waals surface area contributed by atoms with Crippen LogP contribution in [0.5, 0.6) is 0 Å². The molecule has 29 heavy (non-hydrogen) atoms. The maximum Gasteiger partial charge on any atom is 0.355 e. The molecule has 0 N–H and O–H groups in total. The second-order valence-corrected chi connectivity index (χ2v) is 7.22. The van der Waals surface area contributed by atoms with Crippen molar-refractivity contribution >= 4 is 17.7 Å². The highest BCUT2D eigenvalue weighted by molar-refractivity contribution is 6.07. The zero-order chi connectivity index (χ0) is 21.9. The van der Waals surface area contributed by atoms with Gasteiger partial charge in [-0.2, -0.15) is 0 Å². The van der Waals surface area contributed by atoms with Gasteiger partial charge in [0.15, 0.2) is 5.78 Å². The smallest absolute Gasteiger partial charge is 0.355 e. The lowest BCUT2D eigenvalue weighted by atomic mass is 9.99. The van der Waals surface area contributed by atoms with E-state index in [1.165, 1.54) is 4.90 Å². The number of ether oxygens (including phenoxy) is 1. The van der Waals surface area contributed by atoms with Crippen LogP contribution in [0.1, 0.15) is 68.8 Å². The monoisotopic (exact) mass is 398 g/mol. The van der Waals surface area contributed by atoms with Crippen LogP contribution >= 0.6 is 0 Å². The predicted molar refractivity (Wildman–Crippen MR) is 113 cm³/mol. The highest BCUT2D eigenvalue weighted by Crippen LogP contribution is 2.26. The summed E-state index contributed by atoms with van der Waals surface area (Å²) >= 11 is 0. The Morgan fingerprint density at radius 3 is 2.17 bits per heavy atom. The first-order chi connectivity index (χ1) is 13.6. The second kappa shape index (κ2) is 9.07. The number of aryl methyl sites for hydroxylation is 1. The molecule has 0 aliphatic rings. The predicted octanol–water partition coefficient (Wildman–Crippen LogP) is 3.95. The average Bonchev–Trinajstić information content (AvgIpc) is 2.96. The Morgan fingerprint density at radius 1 is 1.07 bits per heavy atom. The van der Waals surface area contributed by atoms with E-state index in [2.05, 4.69) is 0 Å². The van der Waals surface area contributed by atoms with Gasteiger partial charge in [0.25, 0.3) is 5.91 Å². The third-order valence-corrected chi connectivity index (χ3v) is 5.38. The highest BCUT2D eigenvalue weighted by atomic mass is 16.5. The van der Waals surface area contributed by atoms with E-state index in [1.807, 2.05) is 32.9 Å². The lowest BCUT2D eigenvalue weighted by Gasteiger charge is -2.24. The van der Waals surface area contributed by atoms with Gasteiger partial charge in [-0.1, -0.05) is 17.7 Å². The Morgan fingerprint density at radius 2 is 1.66 bits per heavy atom. The number of hydrogen-bond donors (Lipinski definition) is 0. The highest BCUT2D eigenvalue weighted by Gasteiger charge is 2.31. The third kappa shape index (κ3) is 4.26. The number of ketones is 1. The summed E-state index contributed by atoms with van der Waals surface area (Å²) in [5, 5.41) is 0. The number of aromatic nitrogens is 1. The van der Waals surface area contributed by atoms with Crippen molar-refractivity contribution in [2.24, 2.45) is 0 Å². The summed E-state index contributed by atoms with van der Waals surface area (Å²) in [6, 6.07) is 6.58. The molecule has 0 radical (unpaired) electrons. The van der Waals surface area contributed by atoms with Gasteiger partial charge < -0.3 is 14.2 Å². The molecule has 0 aliphatic carbocycles. The quantitative estimate of drug-likeness (QED) is 0.523. The molecule has 0 spiro atoms. The molecule has 0 saturated carbocycles. The maximum absolute atomic E-state index is 13.3. The minimum atomic E-state index is -0.677. The number of rotatable bonds is 7. The summed E-state index contributed by atoms with van der Waals surface area (Å²) in [6.07, 6.45) is 0. The standard InChI is InChI=1S/C23H30N2O4/c1-8-25-16(5)19(15(4)20(25)23(28)29-9-2)21(26)17(6)24(7)22(27)18-12-10-14(3)11-13-18/h10-13,17H,8-9H2,1-7H3. The van der Waals surface area contributed by atoms with Crippen LogP contribution in [0.2, 0.25) is 0 Å². The molecule has 1 atom stereocenters. The van der Waals surface area contributed by atoms with Crippen LogP contribution in [0.25, 0.3) is 0 Å². The van der Waals surface area contributed by atoms with Gasteiger partial charge in [-0.15, -0.1) is 0 Å². The van der Waals surface area contributed by atoms with E-state index in [9.17, 15) is 14.4 Å². The Hall–Kier alpha value is -2.89. The lowest BCUT2D eigenvalue weighted by Crippen LogP contribution is -2.40. The number of likely N-dealkylation sites (N-methyl/N-ethyl adjacent to an activating group) is 1. The summed E-state index contributed by atoms with van der Waals surface area (Å²) in [4.78, 5) is 40.0. The maximum atomic E-state index is 13.3. The number of carbonyl (C=O) groups is 3. The first kappa shape index (κ1) is 22.4. The first-order valence-corrected chi connectivity index (χ1v) is 9.90. The summed E-state index contributed by atoms with van der Waals surface area (Å²) in [5.41, 5.74) is 3.77. The SMILES string of the molecule is CCOC(=O)c1c(C)c(C(=O)C(C)N(C)C(=O)c2ccc(C)cc2)c(C)n1CC. The number of esters is 1. The Kier molecular flexibility index (Phi) is 7.01. The van der Waals surface area contributed by atoms with Crippen molar-refractivity contribution in [2.75, 3.05) is 13.7 Å². The van der Waals surface area contributed by atoms with Crippen molar-refractivity contribution in [1.29, 1.82) is 0 Å². The second-order valence-electron chi connectivity index (χ2n) is 7.22. The molecule has 0 saturated heterocycles. The summed E-state index contributed by atoms with van der Waals surface area (Å²) < 4.78 is 6.98. The molecular weight excluding hydrogens is 368 g/mol. The van der Waals surface area contributed by atoms with E-state index in [-0.39, 0.29) is 18.3 Å². The van der Waals surface area contributed by atoms with Crippen molar-refractivity contribution in [2.45, 2.75) is 54.1 Å². The van der Waals surface area contributed by atoms with Crippen molar-refractivity contribution in [3.05, 3.63) is 57.9 Å². The van der Waals surface area contributed by atoms with Gasteiger partial charge in [0.2, 0.25) is 0 Å². The van der Waals surface area contributed by atoms with Crippen LogP contribution in [0.3, 0.4) is 0 Å². The fourth-order valence-electron chi connectivity index (χ4n) is 3.58. The molecule has 6 heteroatoms. The van der Waals surface area contributed by atoms with Crippen LogP contribution in [-0.2, 0) is 11.3 Å².